The van der Waals surface area contributed by atoms with Crippen molar-refractivity contribution < 1.29 is 36.2 Å². The third-order valence-electron chi connectivity index (χ3n) is 4.64. The van der Waals surface area contributed by atoms with Crippen LogP contribution in [0.4, 0.5) is 5.69 Å². The molecular weight excluding hydrogens is 436 g/mol. The van der Waals surface area contributed by atoms with Gasteiger partial charge in [-0.05, 0) is 30.3 Å². The Labute approximate surface area is 174 Å². The van der Waals surface area contributed by atoms with Crippen molar-refractivity contribution in [3.63, 3.8) is 0 Å². The summed E-state index contributed by atoms with van der Waals surface area (Å²) in [7, 11) is -7.99. The summed E-state index contributed by atoms with van der Waals surface area (Å²) in [5.41, 5.74) is -0.251. The summed E-state index contributed by atoms with van der Waals surface area (Å²) >= 11 is 0. The maximum Gasteiger partial charge on any atom is 0.262 e. The number of phenolic OH excluding ortho intramolecular Hbond substituents is 1. The molecule has 0 radical (unpaired) electrons. The Morgan fingerprint density at radius 1 is 0.833 bits per heavy atom. The van der Waals surface area contributed by atoms with Crippen molar-refractivity contribution in [1.82, 2.24) is 4.31 Å². The molecule has 0 aromatic heterocycles. The number of hydrogen-bond acceptors (Lipinski definition) is 8. The highest BCUT2D eigenvalue weighted by Gasteiger charge is 2.28. The molecule has 30 heavy (non-hydrogen) atoms. The zero-order valence-corrected chi connectivity index (χ0v) is 17.4. The number of aromatic hydroxyl groups is 1. The molecule has 12 heteroatoms. The van der Waals surface area contributed by atoms with Gasteiger partial charge in [0.25, 0.3) is 10.0 Å². The Morgan fingerprint density at radius 3 is 2.23 bits per heavy atom. The van der Waals surface area contributed by atoms with Gasteiger partial charge in [-0.3, -0.25) is 4.72 Å². The molecule has 2 aliphatic heterocycles. The molecule has 0 unspecified atom stereocenters. The number of morpholine rings is 1. The van der Waals surface area contributed by atoms with E-state index in [1.807, 2.05) is 0 Å². The van der Waals surface area contributed by atoms with Gasteiger partial charge >= 0.3 is 0 Å². The van der Waals surface area contributed by atoms with Gasteiger partial charge in [0, 0.05) is 19.2 Å². The molecule has 2 aromatic carbocycles. The smallest absolute Gasteiger partial charge is 0.262 e. The van der Waals surface area contributed by atoms with E-state index < -0.39 is 25.8 Å². The van der Waals surface area contributed by atoms with Gasteiger partial charge in [0.05, 0.1) is 28.7 Å². The number of anilines is 1. The van der Waals surface area contributed by atoms with E-state index in [2.05, 4.69) is 4.72 Å². The molecule has 162 valence electrons. The lowest BCUT2D eigenvalue weighted by Crippen LogP contribution is -2.40. The largest absolute Gasteiger partial charge is 0.506 e. The number of fused-ring (bicyclic) bond motifs is 1. The highest BCUT2D eigenvalue weighted by molar-refractivity contribution is 7.92. The van der Waals surface area contributed by atoms with E-state index in [9.17, 15) is 21.9 Å². The van der Waals surface area contributed by atoms with Gasteiger partial charge in [-0.15, -0.1) is 0 Å². The van der Waals surface area contributed by atoms with E-state index >= 15 is 0 Å². The van der Waals surface area contributed by atoms with Crippen molar-refractivity contribution in [3.05, 3.63) is 36.4 Å². The minimum atomic E-state index is -4.13. The molecule has 2 aromatic rings. The van der Waals surface area contributed by atoms with Gasteiger partial charge in [0.2, 0.25) is 10.0 Å². The molecule has 1 saturated heterocycles. The number of benzene rings is 2. The number of ether oxygens (including phenoxy) is 3. The van der Waals surface area contributed by atoms with Gasteiger partial charge in [-0.25, -0.2) is 16.8 Å². The van der Waals surface area contributed by atoms with Crippen LogP contribution in [0.1, 0.15) is 0 Å². The number of phenols is 1. The van der Waals surface area contributed by atoms with Gasteiger partial charge in [0.15, 0.2) is 11.5 Å². The van der Waals surface area contributed by atoms with Crippen molar-refractivity contribution in [1.29, 1.82) is 0 Å². The summed E-state index contributed by atoms with van der Waals surface area (Å²) in [6, 6.07) is 7.57. The summed E-state index contributed by atoms with van der Waals surface area (Å²) in [6.45, 7) is 1.62. The van der Waals surface area contributed by atoms with Crippen LogP contribution in [0.5, 0.6) is 17.2 Å². The highest BCUT2D eigenvalue weighted by Crippen LogP contribution is 2.34. The molecule has 4 rings (SSSR count). The maximum absolute atomic E-state index is 12.8. The zero-order chi connectivity index (χ0) is 21.4. The average molecular weight is 456 g/mol. The minimum absolute atomic E-state index is 0.118. The molecule has 10 nitrogen and oxygen atoms in total. The second-order valence-electron chi connectivity index (χ2n) is 6.61. The molecule has 0 spiro atoms. The molecule has 2 heterocycles. The van der Waals surface area contributed by atoms with Crippen molar-refractivity contribution >= 4 is 25.7 Å². The summed E-state index contributed by atoms with van der Waals surface area (Å²) < 4.78 is 70.7. The van der Waals surface area contributed by atoms with Crippen molar-refractivity contribution in [2.75, 3.05) is 44.2 Å². The number of hydrogen-bond donors (Lipinski definition) is 2. The highest BCUT2D eigenvalue weighted by atomic mass is 32.2. The predicted octanol–water partition coefficient (Wildman–Crippen LogP) is 0.985. The van der Waals surface area contributed by atoms with Gasteiger partial charge in [-0.1, -0.05) is 0 Å². The first kappa shape index (κ1) is 20.7. The third-order valence-corrected chi connectivity index (χ3v) is 7.90. The molecule has 0 saturated carbocycles. The molecule has 0 aliphatic carbocycles. The minimum Gasteiger partial charge on any atom is -0.506 e. The Kier molecular flexibility index (Phi) is 5.49. The Balaban J connectivity index is 1.63. The SMILES string of the molecule is O=S(=O)(Nc1cc(S(=O)(=O)N2CCOCC2)ccc1O)c1ccc2c(c1)OCCO2. The van der Waals surface area contributed by atoms with Crippen LogP contribution in [0.3, 0.4) is 0 Å². The first-order valence-electron chi connectivity index (χ1n) is 9.11. The maximum atomic E-state index is 12.8. The molecule has 1 fully saturated rings. The number of rotatable bonds is 5. The Bertz CT molecular complexity index is 1160. The lowest BCUT2D eigenvalue weighted by molar-refractivity contribution is 0.0730. The lowest BCUT2D eigenvalue weighted by atomic mass is 10.3. The average Bonchev–Trinajstić information content (AvgIpc) is 2.75. The lowest BCUT2D eigenvalue weighted by Gasteiger charge is -2.26. The molecule has 2 N–H and O–H groups in total. The van der Waals surface area contributed by atoms with Gasteiger partial charge < -0.3 is 19.3 Å². The normalized spacial score (nSPS) is 17.5. The number of sulfonamides is 2. The second kappa shape index (κ2) is 7.95. The number of nitrogens with zero attached hydrogens (tertiary/aromatic N) is 1. The first-order chi connectivity index (χ1) is 14.3. The third kappa shape index (κ3) is 4.03. The van der Waals surface area contributed by atoms with Crippen molar-refractivity contribution in [3.8, 4) is 17.2 Å². The van der Waals surface area contributed by atoms with E-state index in [1.54, 1.807) is 0 Å². The van der Waals surface area contributed by atoms with Crippen molar-refractivity contribution in [2.24, 2.45) is 0 Å². The van der Waals surface area contributed by atoms with E-state index in [4.69, 9.17) is 14.2 Å². The molecule has 0 bridgehead atoms. The summed E-state index contributed by atoms with van der Waals surface area (Å²) in [5.74, 6) is 0.315. The van der Waals surface area contributed by atoms with E-state index in [-0.39, 0.29) is 47.5 Å². The fourth-order valence-corrected chi connectivity index (χ4v) is 5.60. The van der Waals surface area contributed by atoms with E-state index in [0.29, 0.717) is 19.0 Å². The van der Waals surface area contributed by atoms with Gasteiger partial charge in [-0.2, -0.15) is 4.31 Å². The van der Waals surface area contributed by atoms with Crippen LogP contribution < -0.4 is 14.2 Å². The van der Waals surface area contributed by atoms with Crippen LogP contribution in [0, 0.1) is 0 Å². The zero-order valence-electron chi connectivity index (χ0n) is 15.8. The summed E-state index contributed by atoms with van der Waals surface area (Å²) in [5, 5.41) is 10.1. The van der Waals surface area contributed by atoms with Crippen LogP contribution in [0.2, 0.25) is 0 Å². The monoisotopic (exact) mass is 456 g/mol. The second-order valence-corrected chi connectivity index (χ2v) is 10.2. The fourth-order valence-electron chi connectivity index (χ4n) is 3.09. The van der Waals surface area contributed by atoms with E-state index in [0.717, 1.165) is 12.1 Å². The van der Waals surface area contributed by atoms with Crippen LogP contribution in [-0.4, -0.2) is 65.8 Å². The van der Waals surface area contributed by atoms with Crippen LogP contribution in [-0.2, 0) is 24.8 Å². The topological polar surface area (TPSA) is 131 Å². The van der Waals surface area contributed by atoms with Crippen LogP contribution in [0.25, 0.3) is 0 Å². The Morgan fingerprint density at radius 2 is 1.50 bits per heavy atom. The van der Waals surface area contributed by atoms with Crippen LogP contribution >= 0.6 is 0 Å². The quantitative estimate of drug-likeness (QED) is 0.637. The van der Waals surface area contributed by atoms with Gasteiger partial charge in [0.1, 0.15) is 19.0 Å². The van der Waals surface area contributed by atoms with E-state index in [1.165, 1.54) is 28.6 Å². The number of nitrogens with one attached hydrogen (secondary N) is 1. The molecule has 0 atom stereocenters. The Hall–Kier alpha value is -2.54. The summed E-state index contributed by atoms with van der Waals surface area (Å²) in [4.78, 5) is -0.255. The van der Waals surface area contributed by atoms with Crippen LogP contribution in [0.15, 0.2) is 46.2 Å². The summed E-state index contributed by atoms with van der Waals surface area (Å²) in [6.07, 6.45) is 0. The molecule has 0 amide bonds. The van der Waals surface area contributed by atoms with Crippen molar-refractivity contribution in [2.45, 2.75) is 9.79 Å². The first-order valence-corrected chi connectivity index (χ1v) is 12.0. The molecule has 2 aliphatic rings. The fraction of sp³-hybridized carbons (Fsp3) is 0.333. The standard InChI is InChI=1S/C18H20N2O8S2/c21-16-3-1-14(30(24,25)20-5-7-26-8-6-20)11-15(16)19-29(22,23)13-2-4-17-18(12-13)28-10-9-27-17/h1-4,11-12,19,21H,5-10H2. The predicted molar refractivity (Wildman–Crippen MR) is 106 cm³/mol. The molecular formula is C18H20N2O8S2.